The van der Waals surface area contributed by atoms with Gasteiger partial charge < -0.3 is 9.64 Å². The lowest BCUT2D eigenvalue weighted by atomic mass is 9.81. The number of methoxy groups -OCH3 is 1. The van der Waals surface area contributed by atoms with Crippen LogP contribution in [0.3, 0.4) is 0 Å². The molecule has 3 aromatic rings. The summed E-state index contributed by atoms with van der Waals surface area (Å²) in [6.45, 7) is 3.19. The van der Waals surface area contributed by atoms with Crippen LogP contribution >= 0.6 is 0 Å². The van der Waals surface area contributed by atoms with Crippen LogP contribution in [0.4, 0.5) is 4.39 Å². The normalized spacial score (nSPS) is 22.7. The van der Waals surface area contributed by atoms with E-state index in [2.05, 4.69) is 21.9 Å². The van der Waals surface area contributed by atoms with Gasteiger partial charge in [0.1, 0.15) is 11.6 Å². The van der Waals surface area contributed by atoms with Gasteiger partial charge in [0.2, 0.25) is 0 Å². The van der Waals surface area contributed by atoms with E-state index in [1.54, 1.807) is 19.2 Å². The first-order chi connectivity index (χ1) is 16.1. The SMILES string of the molecule is COc1cccc([C@H]2CN(C(=O)c3ccccc3)[C@@H]3CCN(Cc4cccc(F)c4)C[C@H]23)c1. The molecule has 2 heterocycles. The molecular formula is C28H29FN2O2. The minimum atomic E-state index is -0.197. The molecule has 1 amide bonds. The average Bonchev–Trinajstić information content (AvgIpc) is 3.23. The summed E-state index contributed by atoms with van der Waals surface area (Å²) in [6, 6.07) is 24.8. The second kappa shape index (κ2) is 9.36. The minimum Gasteiger partial charge on any atom is -0.497 e. The molecule has 170 valence electrons. The summed E-state index contributed by atoms with van der Waals surface area (Å²) in [5.74, 6) is 1.29. The molecule has 3 aromatic carbocycles. The molecule has 33 heavy (non-hydrogen) atoms. The Morgan fingerprint density at radius 1 is 1.00 bits per heavy atom. The first-order valence-corrected chi connectivity index (χ1v) is 11.6. The van der Waals surface area contributed by atoms with Crippen molar-refractivity contribution in [2.45, 2.75) is 24.9 Å². The lowest BCUT2D eigenvalue weighted by Gasteiger charge is -2.39. The van der Waals surface area contributed by atoms with E-state index in [-0.39, 0.29) is 23.7 Å². The second-order valence-corrected chi connectivity index (χ2v) is 9.09. The smallest absolute Gasteiger partial charge is 0.254 e. The molecule has 2 fully saturated rings. The predicted molar refractivity (Wildman–Crippen MR) is 127 cm³/mol. The number of hydrogen-bond acceptors (Lipinski definition) is 3. The highest BCUT2D eigenvalue weighted by Crippen LogP contribution is 2.43. The van der Waals surface area contributed by atoms with Gasteiger partial charge >= 0.3 is 0 Å². The van der Waals surface area contributed by atoms with Crippen LogP contribution in [0, 0.1) is 11.7 Å². The van der Waals surface area contributed by atoms with Gasteiger partial charge in [-0.3, -0.25) is 9.69 Å². The number of amides is 1. The van der Waals surface area contributed by atoms with Crippen LogP contribution in [0.25, 0.3) is 0 Å². The Morgan fingerprint density at radius 3 is 2.61 bits per heavy atom. The number of piperidine rings is 1. The van der Waals surface area contributed by atoms with Crippen molar-refractivity contribution in [3.05, 3.63) is 101 Å². The summed E-state index contributed by atoms with van der Waals surface area (Å²) in [7, 11) is 1.68. The van der Waals surface area contributed by atoms with Crippen molar-refractivity contribution in [3.8, 4) is 5.75 Å². The summed E-state index contributed by atoms with van der Waals surface area (Å²) in [5, 5.41) is 0. The third kappa shape index (κ3) is 4.51. The summed E-state index contributed by atoms with van der Waals surface area (Å²) < 4.78 is 19.2. The molecule has 0 saturated carbocycles. The summed E-state index contributed by atoms with van der Waals surface area (Å²) in [6.07, 6.45) is 0.916. The predicted octanol–water partition coefficient (Wildman–Crippen LogP) is 4.96. The third-order valence-corrected chi connectivity index (χ3v) is 7.11. The monoisotopic (exact) mass is 444 g/mol. The number of carbonyl (C=O) groups excluding carboxylic acids is 1. The number of benzene rings is 3. The van der Waals surface area contributed by atoms with Gasteiger partial charge in [-0.05, 0) is 53.9 Å². The van der Waals surface area contributed by atoms with Crippen LogP contribution in [-0.4, -0.2) is 48.5 Å². The maximum Gasteiger partial charge on any atom is 0.254 e. The van der Waals surface area contributed by atoms with E-state index < -0.39 is 0 Å². The van der Waals surface area contributed by atoms with Crippen LogP contribution < -0.4 is 4.74 Å². The largest absolute Gasteiger partial charge is 0.497 e. The molecule has 4 nitrogen and oxygen atoms in total. The zero-order valence-electron chi connectivity index (χ0n) is 18.9. The molecule has 0 unspecified atom stereocenters. The number of halogens is 1. The van der Waals surface area contributed by atoms with Crippen molar-refractivity contribution >= 4 is 5.91 Å². The zero-order valence-corrected chi connectivity index (χ0v) is 18.9. The lowest BCUT2D eigenvalue weighted by molar-refractivity contribution is 0.0614. The molecule has 0 radical (unpaired) electrons. The summed E-state index contributed by atoms with van der Waals surface area (Å²) in [5.41, 5.74) is 2.94. The molecule has 0 N–H and O–H groups in total. The molecule has 5 heteroatoms. The standard InChI is InChI=1S/C28H29FN2O2/c1-33-24-12-6-10-22(16-24)25-19-31(28(32)21-8-3-2-4-9-21)27-13-14-30(18-26(25)27)17-20-7-5-11-23(29)15-20/h2-12,15-16,25-27H,13-14,17-19H2,1H3/t25-,26-,27-/m1/s1. The quantitative estimate of drug-likeness (QED) is 0.557. The number of rotatable bonds is 5. The molecule has 2 aliphatic heterocycles. The van der Waals surface area contributed by atoms with Gasteiger partial charge in [0.05, 0.1) is 7.11 Å². The Bertz CT molecular complexity index is 1120. The number of ether oxygens (including phenoxy) is 1. The highest BCUT2D eigenvalue weighted by molar-refractivity contribution is 5.94. The Labute approximate surface area is 194 Å². The van der Waals surface area contributed by atoms with Crippen molar-refractivity contribution in [1.29, 1.82) is 0 Å². The Kier molecular flexibility index (Phi) is 6.14. The van der Waals surface area contributed by atoms with Crippen molar-refractivity contribution in [1.82, 2.24) is 9.80 Å². The highest BCUT2D eigenvalue weighted by Gasteiger charge is 2.47. The molecule has 0 aromatic heterocycles. The number of hydrogen-bond donors (Lipinski definition) is 0. The van der Waals surface area contributed by atoms with Gasteiger partial charge in [0, 0.05) is 49.6 Å². The van der Waals surface area contributed by atoms with Crippen LogP contribution in [0.15, 0.2) is 78.9 Å². The molecule has 5 rings (SSSR count). The summed E-state index contributed by atoms with van der Waals surface area (Å²) in [4.78, 5) is 17.9. The van der Waals surface area contributed by atoms with E-state index in [1.807, 2.05) is 48.5 Å². The molecule has 2 saturated heterocycles. The average molecular weight is 445 g/mol. The number of fused-ring (bicyclic) bond motifs is 1. The van der Waals surface area contributed by atoms with Gasteiger partial charge in [-0.2, -0.15) is 0 Å². The fourth-order valence-electron chi connectivity index (χ4n) is 5.55. The Hall–Kier alpha value is -3.18. The molecular weight excluding hydrogens is 415 g/mol. The van der Waals surface area contributed by atoms with Crippen molar-refractivity contribution in [3.63, 3.8) is 0 Å². The van der Waals surface area contributed by atoms with Crippen LogP contribution in [0.5, 0.6) is 5.75 Å². The van der Waals surface area contributed by atoms with Gasteiger partial charge in [-0.1, -0.05) is 42.5 Å². The molecule has 0 bridgehead atoms. The third-order valence-electron chi connectivity index (χ3n) is 7.11. The number of nitrogens with zero attached hydrogens (tertiary/aromatic N) is 2. The van der Waals surface area contributed by atoms with Crippen LogP contribution in [-0.2, 0) is 6.54 Å². The first kappa shape index (κ1) is 21.7. The molecule has 3 atom stereocenters. The van der Waals surface area contributed by atoms with E-state index in [9.17, 15) is 9.18 Å². The maximum atomic E-state index is 13.7. The van der Waals surface area contributed by atoms with E-state index in [0.29, 0.717) is 12.5 Å². The van der Waals surface area contributed by atoms with Gasteiger partial charge in [-0.25, -0.2) is 4.39 Å². The Balaban J connectivity index is 1.42. The molecule has 0 spiro atoms. The maximum absolute atomic E-state index is 13.7. The Morgan fingerprint density at radius 2 is 1.82 bits per heavy atom. The highest BCUT2D eigenvalue weighted by atomic mass is 19.1. The first-order valence-electron chi connectivity index (χ1n) is 11.6. The van der Waals surface area contributed by atoms with E-state index in [1.165, 1.54) is 11.6 Å². The van der Waals surface area contributed by atoms with E-state index in [4.69, 9.17) is 4.74 Å². The number of carbonyl (C=O) groups is 1. The minimum absolute atomic E-state index is 0.106. The van der Waals surface area contributed by atoms with E-state index in [0.717, 1.165) is 42.9 Å². The second-order valence-electron chi connectivity index (χ2n) is 9.09. The summed E-state index contributed by atoms with van der Waals surface area (Å²) >= 11 is 0. The number of likely N-dealkylation sites (tertiary alicyclic amines) is 2. The fourth-order valence-corrected chi connectivity index (χ4v) is 5.55. The molecule has 2 aliphatic rings. The van der Waals surface area contributed by atoms with Gasteiger partial charge in [-0.15, -0.1) is 0 Å². The topological polar surface area (TPSA) is 32.8 Å². The van der Waals surface area contributed by atoms with Crippen LogP contribution in [0.2, 0.25) is 0 Å². The van der Waals surface area contributed by atoms with Crippen molar-refractivity contribution < 1.29 is 13.9 Å². The van der Waals surface area contributed by atoms with E-state index >= 15 is 0 Å². The van der Waals surface area contributed by atoms with Crippen LogP contribution in [0.1, 0.15) is 33.8 Å². The van der Waals surface area contributed by atoms with Gasteiger partial charge in [0.25, 0.3) is 5.91 Å². The zero-order chi connectivity index (χ0) is 22.8. The lowest BCUT2D eigenvalue weighted by Crippen LogP contribution is -2.47. The van der Waals surface area contributed by atoms with Gasteiger partial charge in [0.15, 0.2) is 0 Å². The molecule has 0 aliphatic carbocycles. The van der Waals surface area contributed by atoms with Crippen molar-refractivity contribution in [2.75, 3.05) is 26.7 Å². The fraction of sp³-hybridized carbons (Fsp3) is 0.321. The van der Waals surface area contributed by atoms with Crippen molar-refractivity contribution in [2.24, 2.45) is 5.92 Å².